The van der Waals surface area contributed by atoms with Crippen LogP contribution in [0.15, 0.2) is 296 Å². The van der Waals surface area contributed by atoms with E-state index >= 15 is 0 Å². The minimum Gasteiger partial charge on any atom is -0.452 e. The van der Waals surface area contributed by atoms with Gasteiger partial charge < -0.3 is 27.9 Å². The zero-order chi connectivity index (χ0) is 90.4. The Morgan fingerprint density at radius 3 is 0.922 bits per heavy atom. The van der Waals surface area contributed by atoms with Crippen molar-refractivity contribution in [3.8, 4) is 50.4 Å². The van der Waals surface area contributed by atoms with Gasteiger partial charge in [-0.2, -0.15) is 0 Å². The van der Waals surface area contributed by atoms with Gasteiger partial charge in [0.1, 0.15) is 0 Å². The molecule has 0 amide bonds. The second-order valence-electron chi connectivity index (χ2n) is 45.6. The number of hydrogen-bond donors (Lipinski definition) is 0. The van der Waals surface area contributed by atoms with Crippen molar-refractivity contribution < 1.29 is 4.42 Å². The molecule has 2 aliphatic rings. The Hall–Kier alpha value is -12.8. The quantitative estimate of drug-likeness (QED) is 0.142. The van der Waals surface area contributed by atoms with E-state index in [2.05, 4.69) is 481 Å². The number of anilines is 6. The monoisotopic (exact) mass is 1680 g/mol. The van der Waals surface area contributed by atoms with Crippen molar-refractivity contribution in [1.82, 2.24) is 13.7 Å². The van der Waals surface area contributed by atoms with Crippen LogP contribution >= 0.6 is 0 Å². The SMILES string of the molecule is CC(C)(C)c1cc(-c2ccc3c(c2)N(c2cccc4c2oc2c(-n5c6ccc(C(C)(C)C)cc6c6cc(C(C)(C)C)ccc65)cccc24)c2cc(-n4c5ccc(C(C)(C)C)cc5c5cc(C(C)(C)C)ccc54)cc4c2B3c2ccc(-n3c5ccc(C(C)(C)C)cc5c5cc(C(C)(C)C)ccc53)cc2N4c2cc(-c3ccccc3)cc(-c3ccccc3)c2)cc(C(C)(C)C)c1. The number of para-hydroxylation sites is 2. The number of benzene rings is 15. The van der Waals surface area contributed by atoms with E-state index in [0.29, 0.717) is 0 Å². The van der Waals surface area contributed by atoms with E-state index in [1.807, 2.05) is 0 Å². The van der Waals surface area contributed by atoms with Gasteiger partial charge in [0.15, 0.2) is 11.2 Å². The van der Waals surface area contributed by atoms with Crippen LogP contribution < -0.4 is 26.2 Å². The summed E-state index contributed by atoms with van der Waals surface area (Å²) in [5.74, 6) is 0. The molecule has 642 valence electrons. The lowest BCUT2D eigenvalue weighted by molar-refractivity contribution is 0.569. The molecule has 129 heavy (non-hydrogen) atoms. The summed E-state index contributed by atoms with van der Waals surface area (Å²) in [5, 5.41) is 9.53. The topological polar surface area (TPSA) is 34.4 Å². The number of hydrogen-bond acceptors (Lipinski definition) is 3. The van der Waals surface area contributed by atoms with E-state index in [9.17, 15) is 0 Å². The van der Waals surface area contributed by atoms with E-state index in [1.54, 1.807) is 0 Å². The lowest BCUT2D eigenvalue weighted by Gasteiger charge is -2.44. The molecule has 0 fully saturated rings. The average Bonchev–Trinajstić information content (AvgIpc) is 1.57. The van der Waals surface area contributed by atoms with Crippen molar-refractivity contribution in [3.63, 3.8) is 0 Å². The summed E-state index contributed by atoms with van der Waals surface area (Å²) in [6.07, 6.45) is 0. The smallest absolute Gasteiger partial charge is 0.252 e. The van der Waals surface area contributed by atoms with Gasteiger partial charge in [0.05, 0.1) is 50.2 Å². The Kier molecular flexibility index (Phi) is 18.6. The van der Waals surface area contributed by atoms with E-state index in [4.69, 9.17) is 4.42 Å². The van der Waals surface area contributed by atoms with E-state index in [-0.39, 0.29) is 50.0 Å². The number of aromatic nitrogens is 3. The van der Waals surface area contributed by atoms with E-state index in [0.717, 1.165) is 123 Å². The van der Waals surface area contributed by atoms with Crippen LogP contribution in [0.5, 0.6) is 0 Å². The highest BCUT2D eigenvalue weighted by molar-refractivity contribution is 7.00. The Morgan fingerprint density at radius 2 is 0.527 bits per heavy atom. The highest BCUT2D eigenvalue weighted by Gasteiger charge is 2.46. The maximum atomic E-state index is 8.12. The van der Waals surface area contributed by atoms with Gasteiger partial charge in [-0.25, -0.2) is 0 Å². The maximum absolute atomic E-state index is 8.12. The molecule has 19 aromatic rings. The first kappa shape index (κ1) is 83.1. The average molecular weight is 1680 g/mol. The molecule has 6 heterocycles. The minimum absolute atomic E-state index is 0.0684. The van der Waals surface area contributed by atoms with Crippen LogP contribution in [-0.2, 0) is 43.3 Å². The Bertz CT molecular complexity index is 7570. The largest absolute Gasteiger partial charge is 0.452 e. The van der Waals surface area contributed by atoms with Crippen molar-refractivity contribution in [2.75, 3.05) is 9.80 Å². The molecule has 7 heteroatoms. The fourth-order valence-corrected chi connectivity index (χ4v) is 20.8. The standard InChI is InChI=1S/C122H120BN5O/c1-115(2,3)79-42-51-100-92(64-79)93-65-80(116(4,5)6)43-52-101(93)124(100)87-48-50-99-109(70-87)126(88-60-76(73-33-27-25-28-34-73)57-77(61-88)74-35-29-26-30-36-74)110-71-89(125-102-53-44-81(117(7,8)9)66-94(102)95-67-82(118(10,11)12)45-54-103(95)125)72-111-112(110)123(99)98-49-41-75(78-58-85(121(19,20)21)63-86(59-78)122(22,23)24)62-108(98)128(111)107-40-32-38-91-90-37-31-39-106(113(90)129-114(91)107)127-104-55-46-83(119(13,14)15)68-96(104)97-69-84(120(16,17)18)47-56-105(97)127/h25-72H,1-24H3. The van der Waals surface area contributed by atoms with Gasteiger partial charge in [0.25, 0.3) is 6.71 Å². The zero-order valence-electron chi connectivity index (χ0n) is 79.9. The van der Waals surface area contributed by atoms with Gasteiger partial charge in [-0.1, -0.05) is 324 Å². The van der Waals surface area contributed by atoms with Gasteiger partial charge in [-0.05, 0) is 271 Å². The van der Waals surface area contributed by atoms with Crippen LogP contribution in [0.1, 0.15) is 211 Å². The van der Waals surface area contributed by atoms with Crippen LogP contribution in [0.3, 0.4) is 0 Å². The Labute approximate surface area is 763 Å². The lowest BCUT2D eigenvalue weighted by Crippen LogP contribution is -2.61. The molecular weight excluding hydrogens is 1560 g/mol. The summed E-state index contributed by atoms with van der Waals surface area (Å²) in [6, 6.07) is 114. The van der Waals surface area contributed by atoms with Crippen LogP contribution in [0, 0.1) is 0 Å². The van der Waals surface area contributed by atoms with E-state index in [1.165, 1.54) is 110 Å². The third-order valence-electron chi connectivity index (χ3n) is 28.4. The molecular formula is C122H120BN5O. The summed E-state index contributed by atoms with van der Waals surface area (Å²) in [7, 11) is 0. The molecule has 0 saturated heterocycles. The third kappa shape index (κ3) is 13.8. The maximum Gasteiger partial charge on any atom is 0.252 e. The first-order valence-electron chi connectivity index (χ1n) is 46.7. The highest BCUT2D eigenvalue weighted by Crippen LogP contribution is 2.54. The number of fused-ring (bicyclic) bond motifs is 16. The van der Waals surface area contributed by atoms with Crippen LogP contribution in [0.4, 0.5) is 34.1 Å². The number of nitrogens with zero attached hydrogens (tertiary/aromatic N) is 5. The van der Waals surface area contributed by atoms with Crippen LogP contribution in [-0.4, -0.2) is 20.4 Å². The minimum atomic E-state index is -0.306. The van der Waals surface area contributed by atoms with Gasteiger partial charge >= 0.3 is 0 Å². The van der Waals surface area contributed by atoms with Gasteiger partial charge in [0, 0.05) is 77.2 Å². The molecule has 0 unspecified atom stereocenters. The Morgan fingerprint density at radius 1 is 0.194 bits per heavy atom. The molecule has 0 spiro atoms. The summed E-state index contributed by atoms with van der Waals surface area (Å²) < 4.78 is 15.8. The third-order valence-corrected chi connectivity index (χ3v) is 28.4. The normalized spacial score (nSPS) is 13.7. The second-order valence-corrected chi connectivity index (χ2v) is 45.6. The summed E-state index contributed by atoms with van der Waals surface area (Å²) in [4.78, 5) is 5.33. The molecule has 6 nitrogen and oxygen atoms in total. The first-order valence-corrected chi connectivity index (χ1v) is 46.7. The molecule has 15 aromatic carbocycles. The predicted octanol–water partition coefficient (Wildman–Crippen LogP) is 32.3. The molecule has 0 radical (unpaired) electrons. The van der Waals surface area contributed by atoms with Crippen LogP contribution in [0.2, 0.25) is 0 Å². The zero-order valence-corrected chi connectivity index (χ0v) is 79.9. The van der Waals surface area contributed by atoms with Crippen LogP contribution in [0.25, 0.3) is 138 Å². The number of rotatable bonds is 8. The molecule has 0 saturated carbocycles. The molecule has 0 N–H and O–H groups in total. The summed E-state index contributed by atoms with van der Waals surface area (Å²) >= 11 is 0. The van der Waals surface area contributed by atoms with Gasteiger partial charge in [-0.15, -0.1) is 0 Å². The molecule has 4 aromatic heterocycles. The Balaban J connectivity index is 0.925. The summed E-state index contributed by atoms with van der Waals surface area (Å²) in [5.41, 5.74) is 38.1. The first-order chi connectivity index (χ1) is 61.0. The van der Waals surface area contributed by atoms with Crippen molar-refractivity contribution in [3.05, 3.63) is 336 Å². The van der Waals surface area contributed by atoms with E-state index < -0.39 is 0 Å². The van der Waals surface area contributed by atoms with Crippen molar-refractivity contribution in [1.29, 1.82) is 0 Å². The molecule has 0 atom stereocenters. The second kappa shape index (κ2) is 28.8. The predicted molar refractivity (Wildman–Crippen MR) is 557 cm³/mol. The fourth-order valence-electron chi connectivity index (χ4n) is 20.8. The van der Waals surface area contributed by atoms with Crippen molar-refractivity contribution >= 4 is 145 Å². The molecule has 0 bridgehead atoms. The fraction of sp³-hybridized carbons (Fsp3) is 0.262. The van der Waals surface area contributed by atoms with Gasteiger partial charge in [-0.3, -0.25) is 0 Å². The molecule has 0 aliphatic carbocycles. The van der Waals surface area contributed by atoms with Crippen molar-refractivity contribution in [2.24, 2.45) is 0 Å². The van der Waals surface area contributed by atoms with Gasteiger partial charge in [0.2, 0.25) is 0 Å². The lowest BCUT2D eigenvalue weighted by atomic mass is 9.33. The molecule has 2 aliphatic heterocycles. The highest BCUT2D eigenvalue weighted by atomic mass is 16.3. The van der Waals surface area contributed by atoms with Crippen molar-refractivity contribution in [2.45, 2.75) is 209 Å². The number of furan rings is 1. The summed E-state index contributed by atoms with van der Waals surface area (Å²) in [6.45, 7) is 55.9. The molecule has 21 rings (SSSR count).